The number of pyridine rings is 1. The SMILES string of the molecule is Cc1ccn2c(/C=N\NC(N)=S)c(-c3ccc(Cl)cc3)cc2c1. The van der Waals surface area contributed by atoms with Gasteiger partial charge in [0.15, 0.2) is 5.11 Å². The third-order valence-electron chi connectivity index (χ3n) is 3.48. The van der Waals surface area contributed by atoms with Crippen molar-refractivity contribution >= 4 is 40.7 Å². The number of hydrogen-bond acceptors (Lipinski definition) is 2. The van der Waals surface area contributed by atoms with Gasteiger partial charge in [0.2, 0.25) is 0 Å². The van der Waals surface area contributed by atoms with Crippen molar-refractivity contribution < 1.29 is 0 Å². The number of aryl methyl sites for hydroxylation is 1. The lowest BCUT2D eigenvalue weighted by Crippen LogP contribution is -2.24. The summed E-state index contributed by atoms with van der Waals surface area (Å²) < 4.78 is 2.07. The highest BCUT2D eigenvalue weighted by Gasteiger charge is 2.11. The zero-order valence-electron chi connectivity index (χ0n) is 12.5. The number of nitrogens with two attached hydrogens (primary N) is 1. The molecule has 0 saturated heterocycles. The molecule has 0 bridgehead atoms. The van der Waals surface area contributed by atoms with E-state index in [9.17, 15) is 0 Å². The maximum Gasteiger partial charge on any atom is 0.184 e. The molecule has 4 nitrogen and oxygen atoms in total. The first-order valence-corrected chi connectivity index (χ1v) is 7.79. The number of nitrogens with one attached hydrogen (secondary N) is 1. The Morgan fingerprint density at radius 1 is 1.26 bits per heavy atom. The first kappa shape index (κ1) is 15.5. The second-order valence-electron chi connectivity index (χ2n) is 5.18. The zero-order valence-corrected chi connectivity index (χ0v) is 14.0. The number of halogens is 1. The molecule has 0 radical (unpaired) electrons. The van der Waals surface area contributed by atoms with Crippen LogP contribution in [-0.2, 0) is 0 Å². The van der Waals surface area contributed by atoms with E-state index in [-0.39, 0.29) is 5.11 Å². The number of hydrogen-bond donors (Lipinski definition) is 2. The highest BCUT2D eigenvalue weighted by molar-refractivity contribution is 7.80. The summed E-state index contributed by atoms with van der Waals surface area (Å²) in [7, 11) is 0. The molecule has 0 aliphatic heterocycles. The lowest BCUT2D eigenvalue weighted by atomic mass is 10.1. The van der Waals surface area contributed by atoms with Crippen LogP contribution in [0.4, 0.5) is 0 Å². The van der Waals surface area contributed by atoms with E-state index in [1.165, 1.54) is 5.56 Å². The van der Waals surface area contributed by atoms with Crippen molar-refractivity contribution in [3.05, 3.63) is 64.9 Å². The Balaban J connectivity index is 2.16. The molecule has 0 spiro atoms. The lowest BCUT2D eigenvalue weighted by Gasteiger charge is -2.03. The smallest absolute Gasteiger partial charge is 0.184 e. The molecule has 3 N–H and O–H groups in total. The van der Waals surface area contributed by atoms with Gasteiger partial charge >= 0.3 is 0 Å². The highest BCUT2D eigenvalue weighted by atomic mass is 35.5. The Morgan fingerprint density at radius 3 is 2.70 bits per heavy atom. The van der Waals surface area contributed by atoms with Crippen LogP contribution < -0.4 is 11.2 Å². The van der Waals surface area contributed by atoms with E-state index in [2.05, 4.69) is 40.1 Å². The van der Waals surface area contributed by atoms with E-state index < -0.39 is 0 Å². The highest BCUT2D eigenvalue weighted by Crippen LogP contribution is 2.28. The summed E-state index contributed by atoms with van der Waals surface area (Å²) in [6, 6.07) is 14.0. The van der Waals surface area contributed by atoms with Gasteiger partial charge in [0.25, 0.3) is 0 Å². The second kappa shape index (κ2) is 6.40. The Kier molecular flexibility index (Phi) is 4.32. The molecule has 0 aliphatic carbocycles. The number of fused-ring (bicyclic) bond motifs is 1. The van der Waals surface area contributed by atoms with Gasteiger partial charge in [-0.15, -0.1) is 0 Å². The number of aromatic nitrogens is 1. The zero-order chi connectivity index (χ0) is 16.4. The van der Waals surface area contributed by atoms with Crippen LogP contribution in [0, 0.1) is 6.92 Å². The van der Waals surface area contributed by atoms with Gasteiger partial charge in [0, 0.05) is 22.3 Å². The van der Waals surface area contributed by atoms with Crippen LogP contribution in [-0.4, -0.2) is 15.7 Å². The maximum absolute atomic E-state index is 5.99. The minimum Gasteiger partial charge on any atom is -0.375 e. The first-order chi connectivity index (χ1) is 11.0. The molecule has 23 heavy (non-hydrogen) atoms. The predicted molar refractivity (Wildman–Crippen MR) is 100 cm³/mol. The summed E-state index contributed by atoms with van der Waals surface area (Å²) >= 11 is 10.8. The van der Waals surface area contributed by atoms with E-state index >= 15 is 0 Å². The van der Waals surface area contributed by atoms with Gasteiger partial charge in [-0.25, -0.2) is 0 Å². The van der Waals surface area contributed by atoms with Gasteiger partial charge in [0.05, 0.1) is 11.9 Å². The second-order valence-corrected chi connectivity index (χ2v) is 6.06. The van der Waals surface area contributed by atoms with Crippen molar-refractivity contribution in [2.75, 3.05) is 0 Å². The third-order valence-corrected chi connectivity index (χ3v) is 3.83. The molecule has 2 aromatic heterocycles. The van der Waals surface area contributed by atoms with Gasteiger partial charge in [-0.05, 0) is 60.6 Å². The first-order valence-electron chi connectivity index (χ1n) is 7.01. The minimum absolute atomic E-state index is 0.131. The Morgan fingerprint density at radius 2 is 2.00 bits per heavy atom. The topological polar surface area (TPSA) is 54.8 Å². The predicted octanol–water partition coefficient (Wildman–Crippen LogP) is 3.74. The standard InChI is InChI=1S/C17H15ClN4S/c1-11-6-7-22-14(8-11)9-15(12-2-4-13(18)5-3-12)16(22)10-20-21-17(19)23/h2-10H,1H3,(H3,19,21,23)/b20-10-. The van der Waals surface area contributed by atoms with Crippen LogP contribution in [0.15, 0.2) is 53.8 Å². The molecular weight excluding hydrogens is 328 g/mol. The van der Waals surface area contributed by atoms with Crippen LogP contribution in [0.3, 0.4) is 0 Å². The van der Waals surface area contributed by atoms with Crippen LogP contribution in [0.1, 0.15) is 11.3 Å². The van der Waals surface area contributed by atoms with E-state index in [0.29, 0.717) is 5.02 Å². The number of hydrazone groups is 1. The summed E-state index contributed by atoms with van der Waals surface area (Å²) in [5.74, 6) is 0. The number of benzene rings is 1. The van der Waals surface area contributed by atoms with Crippen molar-refractivity contribution in [2.45, 2.75) is 6.92 Å². The van der Waals surface area contributed by atoms with Gasteiger partial charge in [-0.2, -0.15) is 5.10 Å². The van der Waals surface area contributed by atoms with Gasteiger partial charge in [0.1, 0.15) is 0 Å². The number of nitrogens with zero attached hydrogens (tertiary/aromatic N) is 2. The van der Waals surface area contributed by atoms with Crippen molar-refractivity contribution in [2.24, 2.45) is 10.8 Å². The molecule has 3 rings (SSSR count). The summed E-state index contributed by atoms with van der Waals surface area (Å²) in [6.07, 6.45) is 3.73. The fourth-order valence-corrected chi connectivity index (χ4v) is 2.64. The van der Waals surface area contributed by atoms with Crippen LogP contribution >= 0.6 is 23.8 Å². The summed E-state index contributed by atoms with van der Waals surface area (Å²) in [5, 5.41) is 4.94. The van der Waals surface area contributed by atoms with Crippen LogP contribution in [0.25, 0.3) is 16.6 Å². The van der Waals surface area contributed by atoms with Gasteiger partial charge in [-0.3, -0.25) is 5.43 Å². The molecule has 0 aliphatic rings. The third kappa shape index (κ3) is 3.36. The van der Waals surface area contributed by atoms with E-state index in [1.807, 2.05) is 30.5 Å². The molecule has 116 valence electrons. The summed E-state index contributed by atoms with van der Waals surface area (Å²) in [4.78, 5) is 0. The normalized spacial score (nSPS) is 11.2. The number of rotatable bonds is 3. The van der Waals surface area contributed by atoms with Crippen molar-refractivity contribution in [1.82, 2.24) is 9.83 Å². The Hall–Kier alpha value is -2.37. The minimum atomic E-state index is 0.131. The average Bonchev–Trinajstić information content (AvgIpc) is 2.85. The van der Waals surface area contributed by atoms with Crippen LogP contribution in [0.2, 0.25) is 5.02 Å². The van der Waals surface area contributed by atoms with Crippen molar-refractivity contribution in [3.63, 3.8) is 0 Å². The van der Waals surface area contributed by atoms with E-state index in [0.717, 1.165) is 22.3 Å². The number of thiocarbonyl (C=S) groups is 1. The summed E-state index contributed by atoms with van der Waals surface area (Å²) in [5.41, 5.74) is 13.3. The molecule has 3 aromatic rings. The quantitative estimate of drug-likeness (QED) is 0.433. The maximum atomic E-state index is 5.99. The monoisotopic (exact) mass is 342 g/mol. The largest absolute Gasteiger partial charge is 0.375 e. The summed E-state index contributed by atoms with van der Waals surface area (Å²) in [6.45, 7) is 2.07. The molecule has 0 saturated carbocycles. The molecular formula is C17H15ClN4S. The van der Waals surface area contributed by atoms with E-state index in [4.69, 9.17) is 29.6 Å². The molecule has 2 heterocycles. The van der Waals surface area contributed by atoms with Gasteiger partial charge in [-0.1, -0.05) is 23.7 Å². The Bertz CT molecular complexity index is 897. The molecule has 0 fully saturated rings. The molecule has 0 amide bonds. The molecule has 1 aromatic carbocycles. The molecule has 6 heteroatoms. The average molecular weight is 343 g/mol. The fraction of sp³-hybridized carbons (Fsp3) is 0.0588. The van der Waals surface area contributed by atoms with Gasteiger partial charge < -0.3 is 10.1 Å². The molecule has 0 atom stereocenters. The van der Waals surface area contributed by atoms with Crippen molar-refractivity contribution in [3.8, 4) is 11.1 Å². The molecule has 0 unspecified atom stereocenters. The Labute approximate surface area is 144 Å². The lowest BCUT2D eigenvalue weighted by molar-refractivity contribution is 1.04. The fourth-order valence-electron chi connectivity index (χ4n) is 2.46. The van der Waals surface area contributed by atoms with E-state index in [1.54, 1.807) is 6.21 Å². The van der Waals surface area contributed by atoms with Crippen LogP contribution in [0.5, 0.6) is 0 Å². The van der Waals surface area contributed by atoms with Crippen molar-refractivity contribution in [1.29, 1.82) is 0 Å².